The Morgan fingerprint density at radius 3 is 2.17 bits per heavy atom. The second-order valence-electron chi connectivity index (χ2n) is 6.65. The lowest BCUT2D eigenvalue weighted by Gasteiger charge is -2.19. The summed E-state index contributed by atoms with van der Waals surface area (Å²) >= 11 is 6.18. The standard InChI is InChI=1S/C23H16ClN3O3/c1-27(18-8-4-5-13-25-18)23(30)14-9-11-15(12-10-14)26-20-19(24)21(28)16-6-2-3-7-17(16)22(20)29/h2-13,26H,1H3. The number of hydrogen-bond donors (Lipinski definition) is 1. The molecular weight excluding hydrogens is 402 g/mol. The van der Waals surface area contributed by atoms with Gasteiger partial charge < -0.3 is 5.32 Å². The fraction of sp³-hybridized carbons (Fsp3) is 0.0435. The molecule has 148 valence electrons. The van der Waals surface area contributed by atoms with Crippen LogP contribution in [0.25, 0.3) is 0 Å². The maximum atomic E-state index is 12.8. The molecule has 0 atom stereocenters. The van der Waals surface area contributed by atoms with E-state index in [4.69, 9.17) is 11.6 Å². The monoisotopic (exact) mass is 417 g/mol. The lowest BCUT2D eigenvalue weighted by atomic mass is 9.92. The van der Waals surface area contributed by atoms with Gasteiger partial charge >= 0.3 is 0 Å². The van der Waals surface area contributed by atoms with E-state index in [1.165, 1.54) is 4.90 Å². The molecule has 0 radical (unpaired) electrons. The number of nitrogens with zero attached hydrogens (tertiary/aromatic N) is 2. The highest BCUT2D eigenvalue weighted by atomic mass is 35.5. The molecule has 1 heterocycles. The third-order valence-electron chi connectivity index (χ3n) is 4.76. The van der Waals surface area contributed by atoms with Gasteiger partial charge in [-0.3, -0.25) is 19.3 Å². The molecule has 0 saturated carbocycles. The van der Waals surface area contributed by atoms with Crippen LogP contribution in [0.4, 0.5) is 11.5 Å². The Labute approximate surface area is 177 Å². The maximum Gasteiger partial charge on any atom is 0.259 e. The fourth-order valence-electron chi connectivity index (χ4n) is 3.15. The number of amides is 1. The number of aromatic nitrogens is 1. The number of nitrogens with one attached hydrogen (secondary N) is 1. The number of hydrogen-bond acceptors (Lipinski definition) is 5. The number of halogens is 1. The molecule has 4 rings (SSSR count). The van der Waals surface area contributed by atoms with E-state index in [0.717, 1.165) is 0 Å². The van der Waals surface area contributed by atoms with Crippen molar-refractivity contribution < 1.29 is 14.4 Å². The number of carbonyl (C=O) groups excluding carboxylic acids is 3. The van der Waals surface area contributed by atoms with Crippen LogP contribution < -0.4 is 10.2 Å². The van der Waals surface area contributed by atoms with E-state index in [-0.39, 0.29) is 28.0 Å². The minimum atomic E-state index is -0.404. The Balaban J connectivity index is 1.55. The van der Waals surface area contributed by atoms with Crippen LogP contribution in [-0.4, -0.2) is 29.5 Å². The number of anilines is 2. The first kappa shape index (κ1) is 19.5. The zero-order chi connectivity index (χ0) is 21.3. The van der Waals surface area contributed by atoms with Crippen LogP contribution in [0.1, 0.15) is 31.1 Å². The van der Waals surface area contributed by atoms with Gasteiger partial charge in [0.1, 0.15) is 16.5 Å². The third-order valence-corrected chi connectivity index (χ3v) is 5.12. The Kier molecular flexibility index (Phi) is 5.16. The first-order chi connectivity index (χ1) is 14.5. The zero-order valence-corrected chi connectivity index (χ0v) is 16.7. The van der Waals surface area contributed by atoms with E-state index in [1.807, 2.05) is 0 Å². The predicted octanol–water partition coefficient (Wildman–Crippen LogP) is 4.30. The van der Waals surface area contributed by atoms with Crippen molar-refractivity contribution in [2.75, 3.05) is 17.3 Å². The highest BCUT2D eigenvalue weighted by Crippen LogP contribution is 2.29. The van der Waals surface area contributed by atoms with E-state index in [1.54, 1.807) is 80.0 Å². The number of allylic oxidation sites excluding steroid dienone is 2. The number of ketones is 2. The largest absolute Gasteiger partial charge is 0.351 e. The van der Waals surface area contributed by atoms with Gasteiger partial charge in [-0.25, -0.2) is 4.98 Å². The Morgan fingerprint density at radius 1 is 0.900 bits per heavy atom. The van der Waals surface area contributed by atoms with Crippen LogP contribution in [0.2, 0.25) is 0 Å². The summed E-state index contributed by atoms with van der Waals surface area (Å²) in [6.45, 7) is 0. The molecule has 1 aliphatic rings. The fourth-order valence-corrected chi connectivity index (χ4v) is 3.38. The van der Waals surface area contributed by atoms with Crippen LogP contribution in [0.15, 0.2) is 83.7 Å². The van der Waals surface area contributed by atoms with Gasteiger partial charge in [-0.1, -0.05) is 41.9 Å². The van der Waals surface area contributed by atoms with Gasteiger partial charge in [0.15, 0.2) is 0 Å². The molecule has 0 bridgehead atoms. The van der Waals surface area contributed by atoms with Crippen molar-refractivity contribution >= 4 is 40.6 Å². The Morgan fingerprint density at radius 2 is 1.53 bits per heavy atom. The molecular formula is C23H16ClN3O3. The number of Topliss-reactive ketones (excluding diaryl/α,β-unsaturated/α-hetero) is 2. The quantitative estimate of drug-likeness (QED) is 0.684. The molecule has 3 aromatic rings. The van der Waals surface area contributed by atoms with Crippen molar-refractivity contribution in [3.8, 4) is 0 Å². The van der Waals surface area contributed by atoms with Crippen molar-refractivity contribution in [3.05, 3.63) is 100 Å². The van der Waals surface area contributed by atoms with Gasteiger partial charge in [0.2, 0.25) is 11.6 Å². The number of carbonyl (C=O) groups is 3. The van der Waals surface area contributed by atoms with E-state index >= 15 is 0 Å². The second kappa shape index (κ2) is 7.93. The third kappa shape index (κ3) is 3.49. The molecule has 2 aromatic carbocycles. The van der Waals surface area contributed by atoms with E-state index in [0.29, 0.717) is 22.6 Å². The number of rotatable bonds is 4. The summed E-state index contributed by atoms with van der Waals surface area (Å²) in [4.78, 5) is 43.5. The van der Waals surface area contributed by atoms with Crippen LogP contribution >= 0.6 is 11.6 Å². The molecule has 1 aliphatic carbocycles. The summed E-state index contributed by atoms with van der Waals surface area (Å²) in [6.07, 6.45) is 1.62. The SMILES string of the molecule is CN(C(=O)c1ccc(NC2=C(Cl)C(=O)c3ccccc3C2=O)cc1)c1ccccn1. The molecule has 0 saturated heterocycles. The van der Waals surface area contributed by atoms with Crippen LogP contribution in [-0.2, 0) is 0 Å². The van der Waals surface area contributed by atoms with Gasteiger partial charge in [-0.2, -0.15) is 0 Å². The molecule has 30 heavy (non-hydrogen) atoms. The lowest BCUT2D eigenvalue weighted by molar-refractivity contribution is 0.0982. The van der Waals surface area contributed by atoms with Crippen LogP contribution in [0.5, 0.6) is 0 Å². The van der Waals surface area contributed by atoms with Crippen molar-refractivity contribution in [1.29, 1.82) is 0 Å². The first-order valence-corrected chi connectivity index (χ1v) is 9.49. The molecule has 0 fully saturated rings. The summed E-state index contributed by atoms with van der Waals surface area (Å²) in [6, 6.07) is 18.4. The molecule has 0 spiro atoms. The van der Waals surface area contributed by atoms with Gasteiger partial charge in [-0.05, 0) is 36.4 Å². The van der Waals surface area contributed by atoms with Crippen molar-refractivity contribution in [2.45, 2.75) is 0 Å². The average molecular weight is 418 g/mol. The predicted molar refractivity (Wildman–Crippen MR) is 115 cm³/mol. The van der Waals surface area contributed by atoms with Crippen molar-refractivity contribution in [3.63, 3.8) is 0 Å². The summed E-state index contributed by atoms with van der Waals surface area (Å²) < 4.78 is 0. The topological polar surface area (TPSA) is 79.4 Å². The number of pyridine rings is 1. The van der Waals surface area contributed by atoms with Gasteiger partial charge in [-0.15, -0.1) is 0 Å². The summed E-state index contributed by atoms with van der Waals surface area (Å²) in [5.41, 5.74) is 1.59. The first-order valence-electron chi connectivity index (χ1n) is 9.11. The lowest BCUT2D eigenvalue weighted by Crippen LogP contribution is -2.27. The molecule has 6 nitrogen and oxygen atoms in total. The Bertz CT molecular complexity index is 1190. The van der Waals surface area contributed by atoms with Crippen molar-refractivity contribution in [1.82, 2.24) is 4.98 Å². The summed E-state index contributed by atoms with van der Waals surface area (Å²) in [5, 5.41) is 2.76. The van der Waals surface area contributed by atoms with Gasteiger partial charge in [0, 0.05) is 35.6 Å². The molecule has 1 aromatic heterocycles. The van der Waals surface area contributed by atoms with Crippen LogP contribution in [0, 0.1) is 0 Å². The van der Waals surface area contributed by atoms with E-state index in [2.05, 4.69) is 10.3 Å². The summed E-state index contributed by atoms with van der Waals surface area (Å²) in [5.74, 6) is -0.453. The second-order valence-corrected chi connectivity index (χ2v) is 7.03. The minimum Gasteiger partial charge on any atom is -0.351 e. The summed E-state index contributed by atoms with van der Waals surface area (Å²) in [7, 11) is 1.64. The van der Waals surface area contributed by atoms with E-state index < -0.39 is 5.78 Å². The van der Waals surface area contributed by atoms with Gasteiger partial charge in [0.05, 0.1) is 0 Å². The molecule has 1 amide bonds. The van der Waals surface area contributed by atoms with E-state index in [9.17, 15) is 14.4 Å². The highest BCUT2D eigenvalue weighted by Gasteiger charge is 2.31. The number of benzene rings is 2. The molecule has 0 unspecified atom stereocenters. The average Bonchev–Trinajstić information content (AvgIpc) is 2.80. The smallest absolute Gasteiger partial charge is 0.259 e. The highest BCUT2D eigenvalue weighted by molar-refractivity contribution is 6.50. The zero-order valence-electron chi connectivity index (χ0n) is 15.9. The van der Waals surface area contributed by atoms with Gasteiger partial charge in [0.25, 0.3) is 5.91 Å². The maximum absolute atomic E-state index is 12.8. The normalized spacial score (nSPS) is 13.1. The van der Waals surface area contributed by atoms with Crippen LogP contribution in [0.3, 0.4) is 0 Å². The Hall–Kier alpha value is -3.77. The molecule has 0 aliphatic heterocycles. The minimum absolute atomic E-state index is 0.0186. The molecule has 1 N–H and O–H groups in total. The van der Waals surface area contributed by atoms with Crippen molar-refractivity contribution in [2.24, 2.45) is 0 Å². The number of fused-ring (bicyclic) bond motifs is 1. The molecule has 7 heteroatoms.